The Morgan fingerprint density at radius 1 is 1.40 bits per heavy atom. The molecule has 2 N–H and O–H groups in total. The minimum absolute atomic E-state index is 0.0958. The SMILES string of the molecule is CC(=O)NCCNC(=O)c1sccc1Br. The van der Waals surface area contributed by atoms with Gasteiger partial charge >= 0.3 is 0 Å². The molecular weight excluding hydrogens is 280 g/mol. The largest absolute Gasteiger partial charge is 0.355 e. The van der Waals surface area contributed by atoms with Gasteiger partial charge in [-0.25, -0.2) is 0 Å². The highest BCUT2D eigenvalue weighted by molar-refractivity contribution is 9.10. The third-order valence-corrected chi connectivity index (χ3v) is 3.44. The van der Waals surface area contributed by atoms with Crippen LogP contribution in [0, 0.1) is 0 Å². The zero-order chi connectivity index (χ0) is 11.3. The van der Waals surface area contributed by atoms with E-state index >= 15 is 0 Å². The summed E-state index contributed by atoms with van der Waals surface area (Å²) in [4.78, 5) is 22.7. The average Bonchev–Trinajstić information content (AvgIpc) is 2.58. The number of thiophene rings is 1. The molecule has 0 aliphatic carbocycles. The molecule has 0 fully saturated rings. The topological polar surface area (TPSA) is 58.2 Å². The molecule has 1 aromatic heterocycles. The molecule has 0 spiro atoms. The lowest BCUT2D eigenvalue weighted by molar-refractivity contribution is -0.118. The van der Waals surface area contributed by atoms with Gasteiger partial charge in [0.15, 0.2) is 0 Å². The van der Waals surface area contributed by atoms with Gasteiger partial charge in [0.2, 0.25) is 5.91 Å². The van der Waals surface area contributed by atoms with E-state index in [9.17, 15) is 9.59 Å². The first-order valence-corrected chi connectivity index (χ1v) is 6.04. The lowest BCUT2D eigenvalue weighted by Gasteiger charge is -2.04. The summed E-state index contributed by atoms with van der Waals surface area (Å²) in [7, 11) is 0. The molecule has 0 aliphatic rings. The van der Waals surface area contributed by atoms with Crippen molar-refractivity contribution in [3.63, 3.8) is 0 Å². The van der Waals surface area contributed by atoms with Crippen molar-refractivity contribution in [1.29, 1.82) is 0 Å². The molecule has 0 bridgehead atoms. The number of rotatable bonds is 4. The van der Waals surface area contributed by atoms with E-state index < -0.39 is 0 Å². The maximum atomic E-state index is 11.5. The summed E-state index contributed by atoms with van der Waals surface area (Å²) in [6.45, 7) is 2.32. The van der Waals surface area contributed by atoms with Gasteiger partial charge in [-0.3, -0.25) is 9.59 Å². The Kier molecular flexibility index (Phi) is 4.77. The highest BCUT2D eigenvalue weighted by Gasteiger charge is 2.10. The number of carbonyl (C=O) groups is 2. The molecule has 0 radical (unpaired) electrons. The van der Waals surface area contributed by atoms with E-state index in [2.05, 4.69) is 26.6 Å². The van der Waals surface area contributed by atoms with Crippen LogP contribution < -0.4 is 10.6 Å². The lowest BCUT2D eigenvalue weighted by atomic mass is 10.4. The fourth-order valence-corrected chi connectivity index (χ4v) is 2.42. The number of carbonyl (C=O) groups excluding carboxylic acids is 2. The Hall–Kier alpha value is -0.880. The summed E-state index contributed by atoms with van der Waals surface area (Å²) in [6.07, 6.45) is 0. The monoisotopic (exact) mass is 290 g/mol. The minimum atomic E-state index is -0.123. The normalized spacial score (nSPS) is 9.73. The molecule has 1 heterocycles. The molecule has 0 saturated carbocycles. The molecule has 6 heteroatoms. The van der Waals surface area contributed by atoms with Crippen molar-refractivity contribution in [3.8, 4) is 0 Å². The average molecular weight is 291 g/mol. The van der Waals surface area contributed by atoms with Crippen LogP contribution in [0.3, 0.4) is 0 Å². The molecule has 0 unspecified atom stereocenters. The van der Waals surface area contributed by atoms with Gasteiger partial charge in [-0.15, -0.1) is 11.3 Å². The standard InChI is InChI=1S/C9H11BrN2O2S/c1-6(13)11-3-4-12-9(14)8-7(10)2-5-15-8/h2,5H,3-4H2,1H3,(H,11,13)(H,12,14). The van der Waals surface area contributed by atoms with Gasteiger partial charge in [0.1, 0.15) is 4.88 Å². The summed E-state index contributed by atoms with van der Waals surface area (Å²) in [5, 5.41) is 7.15. The number of amides is 2. The summed E-state index contributed by atoms with van der Waals surface area (Å²) < 4.78 is 0.796. The maximum Gasteiger partial charge on any atom is 0.262 e. The summed E-state index contributed by atoms with van der Waals surface area (Å²) in [5.74, 6) is -0.219. The van der Waals surface area contributed by atoms with Crippen LogP contribution >= 0.6 is 27.3 Å². The van der Waals surface area contributed by atoms with E-state index in [1.54, 1.807) is 0 Å². The van der Waals surface area contributed by atoms with Gasteiger partial charge in [-0.1, -0.05) is 0 Å². The van der Waals surface area contributed by atoms with Crippen molar-refractivity contribution in [3.05, 3.63) is 20.8 Å². The molecule has 0 aliphatic heterocycles. The highest BCUT2D eigenvalue weighted by atomic mass is 79.9. The smallest absolute Gasteiger partial charge is 0.262 e. The van der Waals surface area contributed by atoms with Crippen LogP contribution in [0.2, 0.25) is 0 Å². The quantitative estimate of drug-likeness (QED) is 0.823. The van der Waals surface area contributed by atoms with E-state index in [1.165, 1.54) is 18.3 Å². The second kappa shape index (κ2) is 5.87. The Morgan fingerprint density at radius 2 is 2.07 bits per heavy atom. The van der Waals surface area contributed by atoms with Gasteiger partial charge in [-0.05, 0) is 27.4 Å². The third kappa shape index (κ3) is 4.01. The van der Waals surface area contributed by atoms with E-state index in [4.69, 9.17) is 0 Å². The van der Waals surface area contributed by atoms with Crippen molar-refractivity contribution in [2.24, 2.45) is 0 Å². The zero-order valence-corrected chi connectivity index (χ0v) is 10.6. The van der Waals surface area contributed by atoms with Crippen LogP contribution in [0.15, 0.2) is 15.9 Å². The van der Waals surface area contributed by atoms with Gasteiger partial charge in [0.05, 0.1) is 0 Å². The zero-order valence-electron chi connectivity index (χ0n) is 8.17. The van der Waals surface area contributed by atoms with Crippen LogP contribution in [-0.4, -0.2) is 24.9 Å². The van der Waals surface area contributed by atoms with Crippen molar-refractivity contribution in [1.82, 2.24) is 10.6 Å². The Labute approximate surface area is 100 Å². The first kappa shape index (κ1) is 12.2. The maximum absolute atomic E-state index is 11.5. The Morgan fingerprint density at radius 3 is 2.60 bits per heavy atom. The van der Waals surface area contributed by atoms with E-state index in [0.717, 1.165) is 4.47 Å². The van der Waals surface area contributed by atoms with Crippen LogP contribution in [0.1, 0.15) is 16.6 Å². The second-order valence-corrected chi connectivity index (χ2v) is 4.61. The lowest BCUT2D eigenvalue weighted by Crippen LogP contribution is -2.33. The Balaban J connectivity index is 2.31. The summed E-state index contributed by atoms with van der Waals surface area (Å²) >= 11 is 4.65. The molecule has 0 atom stereocenters. The highest BCUT2D eigenvalue weighted by Crippen LogP contribution is 2.21. The van der Waals surface area contributed by atoms with Crippen molar-refractivity contribution in [2.45, 2.75) is 6.92 Å². The molecular formula is C9H11BrN2O2S. The minimum Gasteiger partial charge on any atom is -0.355 e. The fourth-order valence-electron chi connectivity index (χ4n) is 0.951. The Bertz CT molecular complexity index is 365. The van der Waals surface area contributed by atoms with Gasteiger partial charge in [0.25, 0.3) is 5.91 Å². The number of hydrogen-bond donors (Lipinski definition) is 2. The molecule has 0 aromatic carbocycles. The first-order chi connectivity index (χ1) is 7.11. The number of nitrogens with one attached hydrogen (secondary N) is 2. The molecule has 1 aromatic rings. The van der Waals surface area contributed by atoms with Crippen LogP contribution in [0.5, 0.6) is 0 Å². The first-order valence-electron chi connectivity index (χ1n) is 4.37. The summed E-state index contributed by atoms with van der Waals surface area (Å²) in [5.41, 5.74) is 0. The molecule has 82 valence electrons. The number of halogens is 1. The third-order valence-electron chi connectivity index (χ3n) is 1.61. The van der Waals surface area contributed by atoms with Crippen LogP contribution in [0.4, 0.5) is 0 Å². The van der Waals surface area contributed by atoms with Gasteiger partial charge in [-0.2, -0.15) is 0 Å². The summed E-state index contributed by atoms with van der Waals surface area (Å²) in [6, 6.07) is 1.83. The fraction of sp³-hybridized carbons (Fsp3) is 0.333. The number of hydrogen-bond acceptors (Lipinski definition) is 3. The van der Waals surface area contributed by atoms with Crippen LogP contribution in [0.25, 0.3) is 0 Å². The van der Waals surface area contributed by atoms with E-state index in [0.29, 0.717) is 18.0 Å². The van der Waals surface area contributed by atoms with E-state index in [-0.39, 0.29) is 11.8 Å². The van der Waals surface area contributed by atoms with Gasteiger partial charge < -0.3 is 10.6 Å². The van der Waals surface area contributed by atoms with Crippen LogP contribution in [-0.2, 0) is 4.79 Å². The predicted molar refractivity (Wildman–Crippen MR) is 63.0 cm³/mol. The molecule has 15 heavy (non-hydrogen) atoms. The van der Waals surface area contributed by atoms with Crippen molar-refractivity contribution >= 4 is 39.1 Å². The second-order valence-electron chi connectivity index (χ2n) is 2.84. The molecule has 2 amide bonds. The van der Waals surface area contributed by atoms with Crippen molar-refractivity contribution < 1.29 is 9.59 Å². The predicted octanol–water partition coefficient (Wildman–Crippen LogP) is 1.38. The molecule has 0 saturated heterocycles. The molecule has 1 rings (SSSR count). The molecule has 4 nitrogen and oxygen atoms in total. The van der Waals surface area contributed by atoms with Crippen molar-refractivity contribution in [2.75, 3.05) is 13.1 Å². The van der Waals surface area contributed by atoms with E-state index in [1.807, 2.05) is 11.4 Å². The van der Waals surface area contributed by atoms with Gasteiger partial charge in [0, 0.05) is 24.5 Å².